The first-order chi connectivity index (χ1) is 14.0. The maximum atomic E-state index is 12.9. The first kappa shape index (κ1) is 18.2. The molecule has 29 heavy (non-hydrogen) atoms. The Balaban J connectivity index is 1.80. The molecule has 0 aliphatic carbocycles. The lowest BCUT2D eigenvalue weighted by atomic mass is 10.0. The number of carbonyl (C=O) groups is 3. The van der Waals surface area contributed by atoms with Gasteiger partial charge in [-0.05, 0) is 35.0 Å². The number of hydrogen-bond acceptors (Lipinski definition) is 4. The Morgan fingerprint density at radius 3 is 2.48 bits per heavy atom. The number of carbonyl (C=O) groups excluding carboxylic acids is 3. The number of amides is 3. The van der Waals surface area contributed by atoms with Crippen LogP contribution in [0, 0.1) is 0 Å². The molecular formula is C22H17N3O4. The minimum Gasteiger partial charge on any atom is -0.483 e. The third-order valence-corrected chi connectivity index (χ3v) is 4.50. The predicted octanol–water partition coefficient (Wildman–Crippen LogP) is 2.17. The van der Waals surface area contributed by atoms with Gasteiger partial charge in [0.2, 0.25) is 0 Å². The quantitative estimate of drug-likeness (QED) is 0.517. The van der Waals surface area contributed by atoms with Crippen LogP contribution in [0.2, 0.25) is 0 Å². The molecule has 3 aromatic rings. The second kappa shape index (κ2) is 7.47. The minimum atomic E-state index is -0.623. The van der Waals surface area contributed by atoms with Gasteiger partial charge in [0.25, 0.3) is 17.7 Å². The molecule has 1 aliphatic heterocycles. The Morgan fingerprint density at radius 1 is 1.00 bits per heavy atom. The summed E-state index contributed by atoms with van der Waals surface area (Å²) in [5.74, 6) is -1.27. The molecule has 0 spiro atoms. The molecular weight excluding hydrogens is 370 g/mol. The summed E-state index contributed by atoms with van der Waals surface area (Å²) in [6, 6.07) is 19.8. The smallest absolute Gasteiger partial charge is 0.282 e. The van der Waals surface area contributed by atoms with Crippen LogP contribution in [0.25, 0.3) is 16.8 Å². The van der Waals surface area contributed by atoms with Gasteiger partial charge < -0.3 is 10.5 Å². The van der Waals surface area contributed by atoms with E-state index in [2.05, 4.69) is 5.43 Å². The van der Waals surface area contributed by atoms with E-state index in [1.807, 2.05) is 36.4 Å². The summed E-state index contributed by atoms with van der Waals surface area (Å²) in [6.07, 6.45) is 1.49. The largest absolute Gasteiger partial charge is 0.483 e. The molecule has 144 valence electrons. The number of nitrogens with zero attached hydrogens (tertiary/aromatic N) is 1. The Labute approximate surface area is 166 Å². The van der Waals surface area contributed by atoms with Crippen molar-refractivity contribution in [2.75, 3.05) is 11.6 Å². The molecule has 0 saturated carbocycles. The van der Waals surface area contributed by atoms with Crippen molar-refractivity contribution in [2.24, 2.45) is 5.73 Å². The summed E-state index contributed by atoms with van der Waals surface area (Å²) in [5, 5.41) is 2.88. The number of para-hydroxylation sites is 1. The zero-order valence-electron chi connectivity index (χ0n) is 15.3. The Bertz CT molecular complexity index is 1160. The predicted molar refractivity (Wildman–Crippen MR) is 109 cm³/mol. The van der Waals surface area contributed by atoms with Gasteiger partial charge in [-0.1, -0.05) is 48.5 Å². The number of nitrogens with one attached hydrogen (secondary N) is 1. The van der Waals surface area contributed by atoms with E-state index in [-0.39, 0.29) is 12.2 Å². The highest BCUT2D eigenvalue weighted by Gasteiger charge is 2.34. The molecule has 0 unspecified atom stereocenters. The lowest BCUT2D eigenvalue weighted by Gasteiger charge is -2.14. The molecule has 0 radical (unpaired) electrons. The van der Waals surface area contributed by atoms with Crippen molar-refractivity contribution in [3.05, 3.63) is 77.9 Å². The molecule has 0 atom stereocenters. The molecule has 1 fully saturated rings. The molecule has 1 saturated heterocycles. The number of benzene rings is 3. The summed E-state index contributed by atoms with van der Waals surface area (Å²) < 4.78 is 5.52. The number of nitrogens with two attached hydrogens (primary N) is 1. The number of primary amides is 1. The van der Waals surface area contributed by atoms with Crippen molar-refractivity contribution >= 4 is 40.3 Å². The zero-order chi connectivity index (χ0) is 20.4. The van der Waals surface area contributed by atoms with Crippen molar-refractivity contribution in [1.82, 2.24) is 5.43 Å². The second-order valence-electron chi connectivity index (χ2n) is 6.43. The fourth-order valence-corrected chi connectivity index (χ4v) is 3.16. The fourth-order valence-electron chi connectivity index (χ4n) is 3.16. The molecule has 4 rings (SSSR count). The van der Waals surface area contributed by atoms with Gasteiger partial charge >= 0.3 is 0 Å². The molecule has 3 amide bonds. The van der Waals surface area contributed by atoms with Crippen LogP contribution in [-0.2, 0) is 14.4 Å². The third-order valence-electron chi connectivity index (χ3n) is 4.50. The van der Waals surface area contributed by atoms with Crippen LogP contribution >= 0.6 is 0 Å². The number of rotatable bonds is 5. The van der Waals surface area contributed by atoms with Gasteiger partial charge in [0.1, 0.15) is 11.3 Å². The van der Waals surface area contributed by atoms with Gasteiger partial charge in [-0.3, -0.25) is 19.8 Å². The molecule has 7 nitrogen and oxygen atoms in total. The van der Waals surface area contributed by atoms with Crippen LogP contribution in [-0.4, -0.2) is 24.3 Å². The first-order valence-electron chi connectivity index (χ1n) is 8.89. The number of ether oxygens (including phenoxy) is 1. The number of hydrogen-bond donors (Lipinski definition) is 2. The maximum absolute atomic E-state index is 12.9. The highest BCUT2D eigenvalue weighted by atomic mass is 16.5. The summed E-state index contributed by atoms with van der Waals surface area (Å²) in [4.78, 5) is 36.6. The van der Waals surface area contributed by atoms with Crippen LogP contribution in [0.4, 0.5) is 5.69 Å². The van der Waals surface area contributed by atoms with Crippen molar-refractivity contribution in [1.29, 1.82) is 0 Å². The maximum Gasteiger partial charge on any atom is 0.282 e. The standard InChI is InChI=1S/C22H17N3O4/c23-20(26)13-29-19-11-10-14-6-4-5-9-16(14)17(19)12-18-21(27)24-25(22(18)28)15-7-2-1-3-8-15/h1-12H,13H2,(H2,23,26)(H,24,27)/b18-12-. The van der Waals surface area contributed by atoms with Crippen molar-refractivity contribution in [3.8, 4) is 5.75 Å². The Hall–Kier alpha value is -4.13. The van der Waals surface area contributed by atoms with E-state index in [0.29, 0.717) is 17.0 Å². The Morgan fingerprint density at radius 2 is 1.72 bits per heavy atom. The van der Waals surface area contributed by atoms with E-state index in [1.54, 1.807) is 30.3 Å². The molecule has 1 aliphatic rings. The average Bonchev–Trinajstić information content (AvgIpc) is 3.02. The van der Waals surface area contributed by atoms with Gasteiger partial charge in [-0.25, -0.2) is 5.01 Å². The summed E-state index contributed by atoms with van der Waals surface area (Å²) in [5.41, 5.74) is 8.80. The lowest BCUT2D eigenvalue weighted by Crippen LogP contribution is -2.35. The van der Waals surface area contributed by atoms with Crippen LogP contribution in [0.3, 0.4) is 0 Å². The third kappa shape index (κ3) is 3.53. The van der Waals surface area contributed by atoms with E-state index in [1.165, 1.54) is 11.1 Å². The van der Waals surface area contributed by atoms with E-state index in [9.17, 15) is 14.4 Å². The summed E-state index contributed by atoms with van der Waals surface area (Å²) in [6.45, 7) is -0.315. The topological polar surface area (TPSA) is 102 Å². The van der Waals surface area contributed by atoms with E-state index in [0.717, 1.165) is 10.8 Å². The molecule has 0 bridgehead atoms. The summed E-state index contributed by atoms with van der Waals surface area (Å²) in [7, 11) is 0. The summed E-state index contributed by atoms with van der Waals surface area (Å²) >= 11 is 0. The second-order valence-corrected chi connectivity index (χ2v) is 6.43. The van der Waals surface area contributed by atoms with E-state index in [4.69, 9.17) is 10.5 Å². The molecule has 1 heterocycles. The van der Waals surface area contributed by atoms with Gasteiger partial charge in [0, 0.05) is 5.56 Å². The van der Waals surface area contributed by atoms with E-state index >= 15 is 0 Å². The zero-order valence-corrected chi connectivity index (χ0v) is 15.3. The first-order valence-corrected chi connectivity index (χ1v) is 8.89. The van der Waals surface area contributed by atoms with E-state index < -0.39 is 17.7 Å². The molecule has 0 aromatic heterocycles. The van der Waals surface area contributed by atoms with Crippen LogP contribution < -0.4 is 20.9 Å². The van der Waals surface area contributed by atoms with Gasteiger partial charge in [0.15, 0.2) is 6.61 Å². The Kier molecular flexibility index (Phi) is 4.70. The molecule has 3 N–H and O–H groups in total. The SMILES string of the molecule is NC(=O)COc1ccc2ccccc2c1/C=C1/C(=O)NN(c2ccccc2)C1=O. The molecule has 3 aromatic carbocycles. The average molecular weight is 387 g/mol. The normalized spacial score (nSPS) is 15.0. The minimum absolute atomic E-state index is 0.0332. The van der Waals surface area contributed by atoms with Crippen molar-refractivity contribution in [3.63, 3.8) is 0 Å². The number of anilines is 1. The highest BCUT2D eigenvalue weighted by Crippen LogP contribution is 2.32. The van der Waals surface area contributed by atoms with Crippen LogP contribution in [0.1, 0.15) is 5.56 Å². The lowest BCUT2D eigenvalue weighted by molar-refractivity contribution is -0.120. The number of hydrazine groups is 1. The monoisotopic (exact) mass is 387 g/mol. The van der Waals surface area contributed by atoms with Gasteiger partial charge in [-0.15, -0.1) is 0 Å². The van der Waals surface area contributed by atoms with Gasteiger partial charge in [0.05, 0.1) is 5.69 Å². The van der Waals surface area contributed by atoms with Crippen molar-refractivity contribution in [2.45, 2.75) is 0 Å². The highest BCUT2D eigenvalue weighted by molar-refractivity contribution is 6.32. The van der Waals surface area contributed by atoms with Gasteiger partial charge in [-0.2, -0.15) is 0 Å². The van der Waals surface area contributed by atoms with Crippen molar-refractivity contribution < 1.29 is 19.1 Å². The molecule has 7 heteroatoms. The number of fused-ring (bicyclic) bond motifs is 1. The van der Waals surface area contributed by atoms with Crippen LogP contribution in [0.15, 0.2) is 72.3 Å². The van der Waals surface area contributed by atoms with Crippen LogP contribution in [0.5, 0.6) is 5.75 Å². The fraction of sp³-hybridized carbons (Fsp3) is 0.0455.